The largest absolute Gasteiger partial charge is 0.506 e. The third kappa shape index (κ3) is 3.61. The molecule has 2 heterocycles. The number of halogens is 1. The number of aromatic hydroxyl groups is 1. The zero-order valence-corrected chi connectivity index (χ0v) is 17.1. The number of H-pyrrole nitrogens is 1. The van der Waals surface area contributed by atoms with E-state index in [0.29, 0.717) is 0 Å². The van der Waals surface area contributed by atoms with Crippen LogP contribution in [0.15, 0.2) is 47.3 Å². The Kier molecular flexibility index (Phi) is 5.78. The maximum absolute atomic E-state index is 13.5. The van der Waals surface area contributed by atoms with Gasteiger partial charge in [0.05, 0.1) is 22.0 Å². The second kappa shape index (κ2) is 8.31. The van der Waals surface area contributed by atoms with E-state index in [1.54, 1.807) is 0 Å². The molecule has 0 aliphatic rings. The van der Waals surface area contributed by atoms with Crippen molar-refractivity contribution < 1.29 is 28.3 Å². The number of furan rings is 1. The minimum atomic E-state index is -0.857. The highest BCUT2D eigenvalue weighted by Crippen LogP contribution is 2.40. The summed E-state index contributed by atoms with van der Waals surface area (Å²) in [6.07, 6.45) is 5.02. The van der Waals surface area contributed by atoms with E-state index >= 15 is 0 Å². The van der Waals surface area contributed by atoms with E-state index < -0.39 is 23.4 Å². The lowest BCUT2D eigenvalue weighted by molar-refractivity contribution is -0.116. The van der Waals surface area contributed by atoms with Gasteiger partial charge in [0.1, 0.15) is 22.9 Å². The number of ketones is 1. The number of aromatic amines is 1. The molecule has 9 heteroatoms. The lowest BCUT2D eigenvalue weighted by Crippen LogP contribution is -2.27. The second-order valence-corrected chi connectivity index (χ2v) is 6.55. The maximum atomic E-state index is 13.5. The summed E-state index contributed by atoms with van der Waals surface area (Å²) in [5, 5.41) is 15.6. The highest BCUT2D eigenvalue weighted by Gasteiger charge is 2.28. The smallest absolute Gasteiger partial charge is 0.292 e. The molecule has 0 spiro atoms. The number of likely N-dealkylation sites (N-methyl/N-ethyl adjacent to an activating group) is 1. The van der Waals surface area contributed by atoms with Gasteiger partial charge in [-0.1, -0.05) is 12.7 Å². The quantitative estimate of drug-likeness (QED) is 0.274. The molecule has 0 bridgehead atoms. The van der Waals surface area contributed by atoms with E-state index in [1.165, 1.54) is 45.4 Å². The number of fused-ring (bicyclic) bond motifs is 3. The van der Waals surface area contributed by atoms with E-state index in [-0.39, 0.29) is 50.1 Å². The van der Waals surface area contributed by atoms with Crippen molar-refractivity contribution in [1.29, 1.82) is 0 Å². The van der Waals surface area contributed by atoms with Gasteiger partial charge < -0.3 is 25.1 Å². The van der Waals surface area contributed by atoms with E-state index in [9.17, 15) is 23.9 Å². The molecular weight excluding hydrogens is 405 g/mol. The van der Waals surface area contributed by atoms with Crippen LogP contribution in [0.5, 0.6) is 5.75 Å². The number of hydrogen-bond acceptors (Lipinski definition) is 5. The number of carbonyl (C=O) groups excluding carboxylic acids is 3. The predicted octanol–water partition coefficient (Wildman–Crippen LogP) is 3.35. The zero-order valence-electron chi connectivity index (χ0n) is 17.1. The van der Waals surface area contributed by atoms with E-state index in [1.807, 2.05) is 0 Å². The molecule has 160 valence electrons. The maximum Gasteiger partial charge on any atom is 0.292 e. The van der Waals surface area contributed by atoms with Crippen LogP contribution in [0, 0.1) is 0 Å². The monoisotopic (exact) mass is 425 g/mol. The summed E-state index contributed by atoms with van der Waals surface area (Å²) in [5.74, 6) is -2.98. The van der Waals surface area contributed by atoms with Crippen LogP contribution >= 0.6 is 0 Å². The predicted molar refractivity (Wildman–Crippen MR) is 115 cm³/mol. The molecule has 31 heavy (non-hydrogen) atoms. The van der Waals surface area contributed by atoms with Gasteiger partial charge in [-0.15, -0.1) is 0 Å². The van der Waals surface area contributed by atoms with Crippen LogP contribution < -0.4 is 10.6 Å². The highest BCUT2D eigenvalue weighted by atomic mass is 19.1. The number of rotatable bonds is 6. The molecule has 0 aliphatic heterocycles. The number of amides is 2. The first-order valence-electron chi connectivity index (χ1n) is 9.22. The number of Topliss-reactive ketones (excluding diaryl/α,β-unsaturated/α-hetero) is 1. The molecule has 0 saturated carbocycles. The molecule has 0 unspecified atom stereocenters. The topological polar surface area (TPSA) is 124 Å². The van der Waals surface area contributed by atoms with Crippen LogP contribution in [0.1, 0.15) is 33.4 Å². The summed E-state index contributed by atoms with van der Waals surface area (Å²) in [4.78, 5) is 39.8. The van der Waals surface area contributed by atoms with Gasteiger partial charge in [-0.05, 0) is 25.1 Å². The van der Waals surface area contributed by atoms with Gasteiger partial charge >= 0.3 is 0 Å². The number of nitrogens with one attached hydrogen (secondary N) is 3. The first-order chi connectivity index (χ1) is 14.7. The van der Waals surface area contributed by atoms with Crippen molar-refractivity contribution in [2.45, 2.75) is 6.92 Å². The minimum Gasteiger partial charge on any atom is -0.506 e. The molecule has 3 aromatic rings. The molecule has 4 N–H and O–H groups in total. The molecule has 2 aromatic heterocycles. The third-order valence-corrected chi connectivity index (χ3v) is 4.73. The van der Waals surface area contributed by atoms with E-state index in [0.717, 1.165) is 6.08 Å². The number of aromatic nitrogens is 1. The van der Waals surface area contributed by atoms with Crippen molar-refractivity contribution in [3.63, 3.8) is 0 Å². The SMILES string of the molecule is C=C(/C=C\C(F)=C/C)c1oc2c(cc(O)c3[nH]cc(C(=O)C(=O)NC)c32)c1C(=O)NC. The molecule has 3 rings (SSSR count). The molecule has 0 atom stereocenters. The first kappa shape index (κ1) is 21.6. The lowest BCUT2D eigenvalue weighted by Gasteiger charge is -2.02. The first-order valence-corrected chi connectivity index (χ1v) is 9.22. The van der Waals surface area contributed by atoms with Crippen molar-refractivity contribution in [2.75, 3.05) is 14.1 Å². The Hall–Kier alpha value is -4.14. The van der Waals surface area contributed by atoms with Gasteiger partial charge in [0.15, 0.2) is 0 Å². The molecule has 1 aromatic carbocycles. The summed E-state index contributed by atoms with van der Waals surface area (Å²) < 4.78 is 19.4. The summed E-state index contributed by atoms with van der Waals surface area (Å²) >= 11 is 0. The summed E-state index contributed by atoms with van der Waals surface area (Å²) in [7, 11) is 2.73. The van der Waals surface area contributed by atoms with Crippen molar-refractivity contribution in [3.8, 4) is 5.75 Å². The number of phenols is 1. The van der Waals surface area contributed by atoms with Crippen LogP contribution in [0.3, 0.4) is 0 Å². The Bertz CT molecular complexity index is 1310. The van der Waals surface area contributed by atoms with Gasteiger partial charge in [-0.3, -0.25) is 14.4 Å². The van der Waals surface area contributed by atoms with Crippen LogP contribution in [0.4, 0.5) is 4.39 Å². The van der Waals surface area contributed by atoms with Gasteiger partial charge in [0, 0.05) is 31.3 Å². The fourth-order valence-electron chi connectivity index (χ4n) is 3.18. The van der Waals surface area contributed by atoms with Crippen LogP contribution in [0.25, 0.3) is 27.4 Å². The lowest BCUT2D eigenvalue weighted by atomic mass is 10.0. The van der Waals surface area contributed by atoms with Gasteiger partial charge in [-0.2, -0.15) is 0 Å². The molecule has 8 nitrogen and oxygen atoms in total. The zero-order chi connectivity index (χ0) is 22.9. The van der Waals surface area contributed by atoms with Crippen LogP contribution in [0.2, 0.25) is 0 Å². The number of allylic oxidation sites excluding steroid dienone is 5. The Morgan fingerprint density at radius 3 is 2.55 bits per heavy atom. The van der Waals surface area contributed by atoms with E-state index in [4.69, 9.17) is 4.42 Å². The Morgan fingerprint density at radius 1 is 1.23 bits per heavy atom. The minimum absolute atomic E-state index is 0.0287. The Labute approximate surface area is 176 Å². The second-order valence-electron chi connectivity index (χ2n) is 6.55. The van der Waals surface area contributed by atoms with E-state index in [2.05, 4.69) is 22.2 Å². The summed E-state index contributed by atoms with van der Waals surface area (Å²) in [6.45, 7) is 5.36. The molecule has 0 saturated heterocycles. The fraction of sp³-hybridized carbons (Fsp3) is 0.136. The van der Waals surface area contributed by atoms with Crippen LogP contribution in [-0.4, -0.2) is 41.8 Å². The molecule has 0 radical (unpaired) electrons. The summed E-state index contributed by atoms with van der Waals surface area (Å²) in [5.41, 5.74) is 0.444. The summed E-state index contributed by atoms with van der Waals surface area (Å²) in [6, 6.07) is 1.31. The number of carbonyl (C=O) groups is 3. The fourth-order valence-corrected chi connectivity index (χ4v) is 3.18. The number of hydrogen-bond donors (Lipinski definition) is 4. The Morgan fingerprint density at radius 2 is 1.94 bits per heavy atom. The number of phenolic OH excluding ortho intramolecular Hbond substituents is 1. The molecule has 0 aliphatic carbocycles. The highest BCUT2D eigenvalue weighted by molar-refractivity contribution is 6.46. The average molecular weight is 425 g/mol. The Balaban J connectivity index is 2.38. The van der Waals surface area contributed by atoms with Gasteiger partial charge in [0.2, 0.25) is 0 Å². The number of benzene rings is 1. The normalized spacial score (nSPS) is 11.9. The van der Waals surface area contributed by atoms with Crippen LogP contribution in [-0.2, 0) is 4.79 Å². The molecular formula is C22H20FN3O5. The standard InChI is InChI=1S/C22H20FN3O5/c1-5-11(23)7-6-10(2)19-16(21(29)24-3)12-8-14(27)17-15(20(12)31-19)13(9-26-17)18(28)22(30)25-4/h5-9,26-27H,2H2,1,3-4H3,(H,24,29)(H,25,30)/b7-6-,11-5+. The van der Waals surface area contributed by atoms with Crippen molar-refractivity contribution in [1.82, 2.24) is 15.6 Å². The van der Waals surface area contributed by atoms with Crippen molar-refractivity contribution >= 4 is 45.0 Å². The molecule has 2 amide bonds. The van der Waals surface area contributed by atoms with Gasteiger partial charge in [-0.25, -0.2) is 4.39 Å². The average Bonchev–Trinajstić information content (AvgIpc) is 3.37. The third-order valence-electron chi connectivity index (χ3n) is 4.73. The van der Waals surface area contributed by atoms with Crippen molar-refractivity contribution in [3.05, 3.63) is 59.8 Å². The van der Waals surface area contributed by atoms with Gasteiger partial charge in [0.25, 0.3) is 17.6 Å². The molecule has 0 fully saturated rings. The van der Waals surface area contributed by atoms with Crippen molar-refractivity contribution in [2.24, 2.45) is 0 Å².